The van der Waals surface area contributed by atoms with Crippen LogP contribution < -0.4 is 11.1 Å². The van der Waals surface area contributed by atoms with Crippen LogP contribution in [0.1, 0.15) is 10.6 Å². The van der Waals surface area contributed by atoms with Crippen LogP contribution in [-0.4, -0.2) is 4.98 Å². The van der Waals surface area contributed by atoms with Crippen LogP contribution in [0.4, 0.5) is 11.5 Å². The predicted molar refractivity (Wildman–Crippen MR) is 72.7 cm³/mol. The van der Waals surface area contributed by atoms with E-state index in [0.29, 0.717) is 18.1 Å². The Labute approximate surface area is 111 Å². The molecular weight excluding hydrogens is 300 g/mol. The third-order valence-corrected chi connectivity index (χ3v) is 4.08. The first-order valence-corrected chi connectivity index (χ1v) is 6.50. The molecule has 0 aliphatic rings. The number of nitriles is 1. The van der Waals surface area contributed by atoms with Crippen molar-refractivity contribution in [2.75, 3.05) is 11.1 Å². The normalized spacial score (nSPS) is 9.88. The summed E-state index contributed by atoms with van der Waals surface area (Å²) in [6, 6.07) is 7.40. The third-order valence-electron chi connectivity index (χ3n) is 2.15. The van der Waals surface area contributed by atoms with Gasteiger partial charge in [0.15, 0.2) is 5.69 Å². The molecule has 2 aromatic rings. The summed E-state index contributed by atoms with van der Waals surface area (Å²) in [4.78, 5) is 5.29. The predicted octanol–water partition coefficient (Wildman–Crippen LogP) is 2.97. The number of thiophene rings is 1. The molecule has 0 saturated carbocycles. The molecule has 0 aliphatic heterocycles. The van der Waals surface area contributed by atoms with Gasteiger partial charge in [-0.05, 0) is 39.5 Å². The van der Waals surface area contributed by atoms with Crippen LogP contribution in [0.2, 0.25) is 0 Å². The van der Waals surface area contributed by atoms with Gasteiger partial charge in [0, 0.05) is 9.35 Å². The highest BCUT2D eigenvalue weighted by Crippen LogP contribution is 2.23. The van der Waals surface area contributed by atoms with Gasteiger partial charge in [-0.2, -0.15) is 5.26 Å². The fourth-order valence-corrected chi connectivity index (χ4v) is 2.71. The number of hydrogen-bond acceptors (Lipinski definition) is 5. The minimum Gasteiger partial charge on any atom is -0.396 e. The molecule has 0 aliphatic carbocycles. The lowest BCUT2D eigenvalue weighted by Gasteiger charge is -2.05. The maximum atomic E-state index is 8.81. The molecule has 0 radical (unpaired) electrons. The Kier molecular flexibility index (Phi) is 3.61. The van der Waals surface area contributed by atoms with Crippen LogP contribution in [0, 0.1) is 11.3 Å². The minimum absolute atomic E-state index is 0.250. The molecule has 17 heavy (non-hydrogen) atoms. The van der Waals surface area contributed by atoms with Crippen LogP contribution in [-0.2, 0) is 6.54 Å². The minimum atomic E-state index is 0.250. The van der Waals surface area contributed by atoms with E-state index in [0.717, 1.165) is 4.47 Å². The highest BCUT2D eigenvalue weighted by molar-refractivity contribution is 9.10. The molecule has 0 saturated heterocycles. The first-order chi connectivity index (χ1) is 8.20. The average molecular weight is 309 g/mol. The molecule has 0 aromatic carbocycles. The molecule has 0 bridgehead atoms. The summed E-state index contributed by atoms with van der Waals surface area (Å²) >= 11 is 5.11. The Morgan fingerprint density at radius 1 is 1.47 bits per heavy atom. The molecule has 0 fully saturated rings. The smallest absolute Gasteiger partial charge is 0.165 e. The Hall–Kier alpha value is -1.58. The van der Waals surface area contributed by atoms with Crippen molar-refractivity contribution in [2.24, 2.45) is 0 Å². The van der Waals surface area contributed by atoms with Crippen molar-refractivity contribution in [3.8, 4) is 6.07 Å². The van der Waals surface area contributed by atoms with E-state index >= 15 is 0 Å². The highest BCUT2D eigenvalue weighted by atomic mass is 79.9. The number of pyridine rings is 1. The van der Waals surface area contributed by atoms with E-state index in [1.807, 2.05) is 17.5 Å². The van der Waals surface area contributed by atoms with Gasteiger partial charge < -0.3 is 11.1 Å². The number of nitrogens with two attached hydrogens (primary N) is 1. The van der Waals surface area contributed by atoms with E-state index in [9.17, 15) is 0 Å². The van der Waals surface area contributed by atoms with E-state index < -0.39 is 0 Å². The highest BCUT2D eigenvalue weighted by Gasteiger charge is 2.04. The second-order valence-electron chi connectivity index (χ2n) is 3.29. The number of nitrogens with one attached hydrogen (secondary N) is 1. The van der Waals surface area contributed by atoms with Crippen LogP contribution in [0.5, 0.6) is 0 Å². The molecule has 2 heterocycles. The summed E-state index contributed by atoms with van der Waals surface area (Å²) in [5, 5.41) is 14.0. The van der Waals surface area contributed by atoms with Crippen molar-refractivity contribution >= 4 is 38.8 Å². The zero-order valence-corrected chi connectivity index (χ0v) is 11.2. The monoisotopic (exact) mass is 308 g/mol. The molecule has 4 nitrogen and oxygen atoms in total. The Balaban J connectivity index is 2.10. The molecule has 2 rings (SSSR count). The fraction of sp³-hybridized carbons (Fsp3) is 0.0909. The van der Waals surface area contributed by atoms with Gasteiger partial charge in [0.25, 0.3) is 0 Å². The number of rotatable bonds is 3. The molecule has 0 atom stereocenters. The molecule has 3 N–H and O–H groups in total. The number of hydrogen-bond donors (Lipinski definition) is 2. The second kappa shape index (κ2) is 5.17. The van der Waals surface area contributed by atoms with Gasteiger partial charge in [-0.3, -0.25) is 0 Å². The second-order valence-corrected chi connectivity index (χ2v) is 5.15. The Morgan fingerprint density at radius 2 is 2.29 bits per heavy atom. The first kappa shape index (κ1) is 11.9. The van der Waals surface area contributed by atoms with Crippen molar-refractivity contribution in [1.29, 1.82) is 5.26 Å². The van der Waals surface area contributed by atoms with Gasteiger partial charge in [0.2, 0.25) is 0 Å². The Morgan fingerprint density at radius 3 is 2.94 bits per heavy atom. The molecule has 6 heteroatoms. The number of halogens is 1. The van der Waals surface area contributed by atoms with Crippen molar-refractivity contribution in [2.45, 2.75) is 6.54 Å². The van der Waals surface area contributed by atoms with Gasteiger partial charge in [-0.25, -0.2) is 4.98 Å². The topological polar surface area (TPSA) is 74.7 Å². The van der Waals surface area contributed by atoms with E-state index in [-0.39, 0.29) is 5.69 Å². The number of anilines is 2. The van der Waals surface area contributed by atoms with Gasteiger partial charge >= 0.3 is 0 Å². The van der Waals surface area contributed by atoms with Crippen molar-refractivity contribution in [1.82, 2.24) is 4.98 Å². The zero-order chi connectivity index (χ0) is 12.3. The van der Waals surface area contributed by atoms with E-state index in [1.165, 1.54) is 4.88 Å². The molecule has 86 valence electrons. The lowest BCUT2D eigenvalue weighted by Crippen LogP contribution is -2.02. The lowest BCUT2D eigenvalue weighted by atomic mass is 10.3. The van der Waals surface area contributed by atoms with Crippen molar-refractivity contribution in [3.63, 3.8) is 0 Å². The number of nitrogen functional groups attached to an aromatic ring is 1. The SMILES string of the molecule is N#Cc1nc(NCc2sccc2Br)ccc1N. The summed E-state index contributed by atoms with van der Waals surface area (Å²) in [5.41, 5.74) is 6.25. The summed E-state index contributed by atoms with van der Waals surface area (Å²) in [7, 11) is 0. The van der Waals surface area contributed by atoms with Gasteiger partial charge in [-0.15, -0.1) is 11.3 Å². The quantitative estimate of drug-likeness (QED) is 0.914. The van der Waals surface area contributed by atoms with E-state index in [2.05, 4.69) is 26.2 Å². The summed E-state index contributed by atoms with van der Waals surface area (Å²) in [6.45, 7) is 0.667. The molecule has 2 aromatic heterocycles. The molecule has 0 amide bonds. The van der Waals surface area contributed by atoms with E-state index in [4.69, 9.17) is 11.0 Å². The first-order valence-electron chi connectivity index (χ1n) is 4.83. The third kappa shape index (κ3) is 2.75. The van der Waals surface area contributed by atoms with Crippen LogP contribution in [0.25, 0.3) is 0 Å². The molecule has 0 spiro atoms. The summed E-state index contributed by atoms with van der Waals surface area (Å²) < 4.78 is 1.07. The molecule has 0 unspecified atom stereocenters. The van der Waals surface area contributed by atoms with Gasteiger partial charge in [0.1, 0.15) is 11.9 Å². The Bertz CT molecular complexity index is 573. The lowest BCUT2D eigenvalue weighted by molar-refractivity contribution is 1.13. The van der Waals surface area contributed by atoms with Crippen LogP contribution in [0.15, 0.2) is 28.1 Å². The largest absolute Gasteiger partial charge is 0.396 e. The van der Waals surface area contributed by atoms with Crippen molar-refractivity contribution < 1.29 is 0 Å². The van der Waals surface area contributed by atoms with Gasteiger partial charge in [-0.1, -0.05) is 0 Å². The van der Waals surface area contributed by atoms with Crippen LogP contribution in [0.3, 0.4) is 0 Å². The van der Waals surface area contributed by atoms with E-state index in [1.54, 1.807) is 23.5 Å². The maximum absolute atomic E-state index is 8.81. The zero-order valence-electron chi connectivity index (χ0n) is 8.77. The molecular formula is C11H9BrN4S. The standard InChI is InChI=1S/C11H9BrN4S/c12-7-3-4-17-10(7)6-15-11-2-1-8(14)9(5-13)16-11/h1-4H,6,14H2,(H,15,16). The average Bonchev–Trinajstić information content (AvgIpc) is 2.74. The summed E-state index contributed by atoms with van der Waals surface area (Å²) in [5.74, 6) is 0.649. The van der Waals surface area contributed by atoms with Crippen LogP contribution >= 0.6 is 27.3 Å². The number of aromatic nitrogens is 1. The maximum Gasteiger partial charge on any atom is 0.165 e. The van der Waals surface area contributed by atoms with Crippen molar-refractivity contribution in [3.05, 3.63) is 38.6 Å². The number of nitrogens with zero attached hydrogens (tertiary/aromatic N) is 2. The fourth-order valence-electron chi connectivity index (χ4n) is 1.28. The summed E-state index contributed by atoms with van der Waals surface area (Å²) in [6.07, 6.45) is 0. The van der Waals surface area contributed by atoms with Gasteiger partial charge in [0.05, 0.1) is 12.2 Å².